The summed E-state index contributed by atoms with van der Waals surface area (Å²) in [4.78, 5) is 0. The van der Waals surface area contributed by atoms with Crippen LogP contribution in [0.2, 0.25) is 0 Å². The van der Waals surface area contributed by atoms with Crippen molar-refractivity contribution >= 4 is 10.1 Å². The first kappa shape index (κ1) is 24.0. The molecule has 1 aromatic carbocycles. The highest BCUT2D eigenvalue weighted by Crippen LogP contribution is 2.22. The van der Waals surface area contributed by atoms with Crippen LogP contribution in [-0.4, -0.2) is 24.8 Å². The Bertz CT molecular complexity index is 595. The Hall–Kier alpha value is -1.07. The predicted octanol–water partition coefficient (Wildman–Crippen LogP) is 5.98. The molecule has 0 aliphatic heterocycles. The largest absolute Gasteiger partial charge is 0.492 e. The second-order valence-corrected chi connectivity index (χ2v) is 9.16. The minimum Gasteiger partial charge on any atom is -0.492 e. The fraction of sp³-hybridized carbons (Fsp3) is 0.727. The van der Waals surface area contributed by atoms with Gasteiger partial charge in [-0.15, -0.1) is 0 Å². The van der Waals surface area contributed by atoms with Crippen molar-refractivity contribution in [1.82, 2.24) is 0 Å². The molecule has 0 amide bonds. The van der Waals surface area contributed by atoms with Crippen LogP contribution in [-0.2, 0) is 23.0 Å². The van der Waals surface area contributed by atoms with Crippen molar-refractivity contribution in [2.45, 2.75) is 96.7 Å². The lowest BCUT2D eigenvalue weighted by molar-refractivity contribution is 0.301. The summed E-state index contributed by atoms with van der Waals surface area (Å²) in [6.45, 7) is 6.15. The molecule has 0 spiro atoms. The summed E-state index contributed by atoms with van der Waals surface area (Å²) in [5.74, 6) is 0.718. The van der Waals surface area contributed by atoms with Crippen molar-refractivity contribution in [1.29, 1.82) is 0 Å². The zero-order chi connectivity index (χ0) is 20.1. The average Bonchev–Trinajstić information content (AvgIpc) is 2.62. The van der Waals surface area contributed by atoms with E-state index in [2.05, 4.69) is 19.9 Å². The molecule has 5 heteroatoms. The lowest BCUT2D eigenvalue weighted by atomic mass is 10.00. The van der Waals surface area contributed by atoms with Gasteiger partial charge in [0, 0.05) is 0 Å². The first-order valence-corrected chi connectivity index (χ1v) is 12.1. The molecule has 1 aromatic rings. The van der Waals surface area contributed by atoms with Crippen LogP contribution in [0, 0.1) is 0 Å². The lowest BCUT2D eigenvalue weighted by Gasteiger charge is -2.15. The normalized spacial score (nSPS) is 12.9. The van der Waals surface area contributed by atoms with Crippen LogP contribution in [0.5, 0.6) is 5.75 Å². The van der Waals surface area contributed by atoms with Crippen molar-refractivity contribution in [2.75, 3.05) is 6.61 Å². The van der Waals surface area contributed by atoms with Gasteiger partial charge in [0.25, 0.3) is 10.1 Å². The van der Waals surface area contributed by atoms with Gasteiger partial charge in [-0.1, -0.05) is 65.4 Å². The Morgan fingerprint density at radius 1 is 0.852 bits per heavy atom. The molecule has 1 N–H and O–H groups in total. The average molecular weight is 399 g/mol. The van der Waals surface area contributed by atoms with Crippen molar-refractivity contribution in [3.05, 3.63) is 29.3 Å². The molecule has 0 aliphatic carbocycles. The number of ether oxygens (including phenoxy) is 1. The molecule has 156 valence electrons. The van der Waals surface area contributed by atoms with Crippen LogP contribution in [0.25, 0.3) is 0 Å². The van der Waals surface area contributed by atoms with Gasteiger partial charge in [0.1, 0.15) is 17.6 Å². The van der Waals surface area contributed by atoms with Crippen molar-refractivity contribution in [3.8, 4) is 5.75 Å². The lowest BCUT2D eigenvalue weighted by Crippen LogP contribution is -2.26. The molecule has 4 nitrogen and oxygen atoms in total. The van der Waals surface area contributed by atoms with Crippen LogP contribution >= 0.6 is 0 Å². The SMILES string of the molecule is CCCCCCc1cc(CCCCCC)cc(OCC(CC)S(=O)(=O)O)c1. The number of unbranched alkanes of at least 4 members (excludes halogenated alkanes) is 6. The number of hydrogen-bond acceptors (Lipinski definition) is 3. The summed E-state index contributed by atoms with van der Waals surface area (Å²) in [7, 11) is -4.07. The highest BCUT2D eigenvalue weighted by molar-refractivity contribution is 7.86. The number of benzene rings is 1. The number of hydrogen-bond donors (Lipinski definition) is 1. The quantitative estimate of drug-likeness (QED) is 0.292. The molecule has 1 unspecified atom stereocenters. The van der Waals surface area contributed by atoms with Gasteiger partial charge in [0.2, 0.25) is 0 Å². The Balaban J connectivity index is 2.79. The highest BCUT2D eigenvalue weighted by Gasteiger charge is 2.21. The molecule has 27 heavy (non-hydrogen) atoms. The number of aryl methyl sites for hydroxylation is 2. The van der Waals surface area contributed by atoms with Gasteiger partial charge in [-0.25, -0.2) is 0 Å². The molecule has 0 bridgehead atoms. The van der Waals surface area contributed by atoms with Gasteiger partial charge in [0.05, 0.1) is 0 Å². The van der Waals surface area contributed by atoms with E-state index in [-0.39, 0.29) is 6.61 Å². The highest BCUT2D eigenvalue weighted by atomic mass is 32.2. The zero-order valence-electron chi connectivity index (χ0n) is 17.4. The molecule has 1 rings (SSSR count). The van der Waals surface area contributed by atoms with Crippen molar-refractivity contribution in [3.63, 3.8) is 0 Å². The van der Waals surface area contributed by atoms with E-state index in [1.165, 1.54) is 49.7 Å². The van der Waals surface area contributed by atoms with Crippen molar-refractivity contribution in [2.24, 2.45) is 0 Å². The third-order valence-electron chi connectivity index (χ3n) is 4.98. The minimum atomic E-state index is -4.07. The van der Waals surface area contributed by atoms with Crippen LogP contribution in [0.4, 0.5) is 0 Å². The summed E-state index contributed by atoms with van der Waals surface area (Å²) >= 11 is 0. The fourth-order valence-electron chi connectivity index (χ4n) is 3.22. The summed E-state index contributed by atoms with van der Waals surface area (Å²) in [6.07, 6.45) is 12.1. The van der Waals surface area contributed by atoms with E-state index in [0.717, 1.165) is 31.4 Å². The topological polar surface area (TPSA) is 63.6 Å². The minimum absolute atomic E-state index is 0.0100. The molecule has 0 heterocycles. The predicted molar refractivity (Wildman–Crippen MR) is 113 cm³/mol. The number of rotatable bonds is 15. The molecule has 0 saturated carbocycles. The van der Waals surface area contributed by atoms with E-state index < -0.39 is 15.4 Å². The Morgan fingerprint density at radius 2 is 1.37 bits per heavy atom. The zero-order valence-corrected chi connectivity index (χ0v) is 18.2. The van der Waals surface area contributed by atoms with E-state index in [9.17, 15) is 13.0 Å². The van der Waals surface area contributed by atoms with E-state index in [1.54, 1.807) is 6.92 Å². The van der Waals surface area contributed by atoms with E-state index >= 15 is 0 Å². The second-order valence-electron chi connectivity index (χ2n) is 7.46. The van der Waals surface area contributed by atoms with Gasteiger partial charge in [-0.2, -0.15) is 8.42 Å². The third kappa shape index (κ3) is 10.2. The third-order valence-corrected chi connectivity index (χ3v) is 6.29. The summed E-state index contributed by atoms with van der Waals surface area (Å²) in [5, 5.41) is -0.876. The van der Waals surface area contributed by atoms with Gasteiger partial charge >= 0.3 is 0 Å². The standard InChI is InChI=1S/C22H38O4S/c1-4-7-9-11-13-19-15-20(14-12-10-8-5-2)17-21(16-19)26-18-22(6-3)27(23,24)25/h15-17,22H,4-14,18H2,1-3H3,(H,23,24,25). The molecule has 0 aromatic heterocycles. The van der Waals surface area contributed by atoms with E-state index in [4.69, 9.17) is 4.74 Å². The maximum atomic E-state index is 11.4. The summed E-state index contributed by atoms with van der Waals surface area (Å²) in [5.41, 5.74) is 2.52. The van der Waals surface area contributed by atoms with E-state index in [1.807, 2.05) is 12.1 Å². The Kier molecular flexibility index (Phi) is 11.7. The summed E-state index contributed by atoms with van der Waals surface area (Å²) in [6, 6.07) is 6.32. The fourth-order valence-corrected chi connectivity index (χ4v) is 3.88. The van der Waals surface area contributed by atoms with Crippen LogP contribution in [0.3, 0.4) is 0 Å². The Labute approximate surface area is 166 Å². The van der Waals surface area contributed by atoms with Crippen LogP contribution in [0.15, 0.2) is 18.2 Å². The van der Waals surface area contributed by atoms with E-state index in [0.29, 0.717) is 6.42 Å². The van der Waals surface area contributed by atoms with Gasteiger partial charge < -0.3 is 4.74 Å². The molecule has 0 fully saturated rings. The first-order chi connectivity index (χ1) is 12.9. The molecule has 0 radical (unpaired) electrons. The Morgan fingerprint density at radius 3 is 1.78 bits per heavy atom. The van der Waals surface area contributed by atoms with Gasteiger partial charge in [-0.3, -0.25) is 4.55 Å². The second kappa shape index (κ2) is 13.2. The maximum Gasteiger partial charge on any atom is 0.271 e. The molecule has 0 saturated heterocycles. The van der Waals surface area contributed by atoms with Gasteiger partial charge in [0.15, 0.2) is 0 Å². The molecular formula is C22H38O4S. The summed E-state index contributed by atoms with van der Waals surface area (Å²) < 4.78 is 37.9. The molecule has 1 atom stereocenters. The maximum absolute atomic E-state index is 11.4. The first-order valence-electron chi connectivity index (χ1n) is 10.6. The molecular weight excluding hydrogens is 360 g/mol. The molecule has 0 aliphatic rings. The van der Waals surface area contributed by atoms with Crippen LogP contribution < -0.4 is 4.74 Å². The van der Waals surface area contributed by atoms with Gasteiger partial charge in [-0.05, 0) is 55.4 Å². The smallest absolute Gasteiger partial charge is 0.271 e. The monoisotopic (exact) mass is 398 g/mol. The van der Waals surface area contributed by atoms with Crippen LogP contribution in [0.1, 0.15) is 89.7 Å². The van der Waals surface area contributed by atoms with Crippen molar-refractivity contribution < 1.29 is 17.7 Å².